The standard InChI is InChI=1S/C13H19Br2NO/c1-3-11(17)6-7-16-9(2)12-5-4-10(14)8-13(12)15/h4-5,8-9,11,16-17H,3,6-7H2,1-2H3. The first kappa shape index (κ1) is 15.2. The molecule has 0 bridgehead atoms. The van der Waals surface area contributed by atoms with E-state index in [4.69, 9.17) is 0 Å². The summed E-state index contributed by atoms with van der Waals surface area (Å²) in [4.78, 5) is 0. The Labute approximate surface area is 120 Å². The number of benzene rings is 1. The van der Waals surface area contributed by atoms with Crippen molar-refractivity contribution in [2.75, 3.05) is 6.54 Å². The van der Waals surface area contributed by atoms with E-state index < -0.39 is 0 Å². The van der Waals surface area contributed by atoms with E-state index in [1.54, 1.807) is 0 Å². The molecule has 0 heterocycles. The normalized spacial score (nSPS) is 14.6. The molecule has 2 unspecified atom stereocenters. The van der Waals surface area contributed by atoms with E-state index in [2.05, 4.69) is 56.2 Å². The predicted octanol–water partition coefficient (Wildman–Crippen LogP) is 4.02. The molecule has 0 aliphatic carbocycles. The summed E-state index contributed by atoms with van der Waals surface area (Å²) in [7, 11) is 0. The molecule has 0 radical (unpaired) electrons. The van der Waals surface area contributed by atoms with Crippen LogP contribution in [0.2, 0.25) is 0 Å². The molecule has 0 saturated heterocycles. The Kier molecular flexibility index (Phi) is 6.70. The molecule has 2 N–H and O–H groups in total. The third-order valence-electron chi connectivity index (χ3n) is 2.83. The number of halogens is 2. The monoisotopic (exact) mass is 363 g/mol. The average molecular weight is 365 g/mol. The lowest BCUT2D eigenvalue weighted by molar-refractivity contribution is 0.159. The molecule has 0 aliphatic heterocycles. The van der Waals surface area contributed by atoms with Crippen LogP contribution in [0, 0.1) is 0 Å². The Bertz CT molecular complexity index is 357. The van der Waals surface area contributed by atoms with Crippen molar-refractivity contribution in [3.63, 3.8) is 0 Å². The van der Waals surface area contributed by atoms with Crippen molar-refractivity contribution in [2.45, 2.75) is 38.8 Å². The van der Waals surface area contributed by atoms with Crippen molar-refractivity contribution >= 4 is 31.9 Å². The molecule has 2 atom stereocenters. The minimum absolute atomic E-state index is 0.192. The molecule has 1 aromatic rings. The van der Waals surface area contributed by atoms with E-state index in [1.165, 1.54) is 5.56 Å². The second-order valence-corrected chi connectivity index (χ2v) is 5.96. The third kappa shape index (κ3) is 5.08. The number of aliphatic hydroxyl groups is 1. The molecule has 0 spiro atoms. The number of nitrogens with one attached hydrogen (secondary N) is 1. The van der Waals surface area contributed by atoms with Crippen molar-refractivity contribution in [1.82, 2.24) is 5.32 Å². The van der Waals surface area contributed by atoms with E-state index in [-0.39, 0.29) is 12.1 Å². The van der Waals surface area contributed by atoms with Gasteiger partial charge in [-0.15, -0.1) is 0 Å². The number of rotatable bonds is 6. The van der Waals surface area contributed by atoms with Crippen LogP contribution < -0.4 is 5.32 Å². The Balaban J connectivity index is 2.49. The molecule has 4 heteroatoms. The lowest BCUT2D eigenvalue weighted by atomic mass is 10.1. The van der Waals surface area contributed by atoms with E-state index in [9.17, 15) is 5.11 Å². The first-order valence-electron chi connectivity index (χ1n) is 5.91. The van der Waals surface area contributed by atoms with Crippen LogP contribution in [0.25, 0.3) is 0 Å². The summed E-state index contributed by atoms with van der Waals surface area (Å²) in [5, 5.41) is 12.9. The topological polar surface area (TPSA) is 32.3 Å². The van der Waals surface area contributed by atoms with Crippen molar-refractivity contribution < 1.29 is 5.11 Å². The molecule has 17 heavy (non-hydrogen) atoms. The Morgan fingerprint density at radius 3 is 2.65 bits per heavy atom. The van der Waals surface area contributed by atoms with Gasteiger partial charge in [-0.1, -0.05) is 44.8 Å². The van der Waals surface area contributed by atoms with Crippen LogP contribution in [0.15, 0.2) is 27.1 Å². The van der Waals surface area contributed by atoms with Gasteiger partial charge in [-0.25, -0.2) is 0 Å². The maximum absolute atomic E-state index is 9.48. The molecule has 96 valence electrons. The first-order valence-corrected chi connectivity index (χ1v) is 7.49. The van der Waals surface area contributed by atoms with Crippen molar-refractivity contribution in [3.05, 3.63) is 32.7 Å². The minimum atomic E-state index is -0.192. The highest BCUT2D eigenvalue weighted by molar-refractivity contribution is 9.11. The Morgan fingerprint density at radius 1 is 1.35 bits per heavy atom. The van der Waals surface area contributed by atoms with Crippen molar-refractivity contribution in [1.29, 1.82) is 0 Å². The Morgan fingerprint density at radius 2 is 2.06 bits per heavy atom. The molecular weight excluding hydrogens is 346 g/mol. The lowest BCUT2D eigenvalue weighted by Gasteiger charge is -2.17. The van der Waals surface area contributed by atoms with Gasteiger partial charge in [0.2, 0.25) is 0 Å². The van der Waals surface area contributed by atoms with E-state index in [1.807, 2.05) is 13.0 Å². The Hall–Kier alpha value is 0.1000. The smallest absolute Gasteiger partial charge is 0.0549 e. The summed E-state index contributed by atoms with van der Waals surface area (Å²) < 4.78 is 2.17. The predicted molar refractivity (Wildman–Crippen MR) is 79.2 cm³/mol. The van der Waals surface area contributed by atoms with E-state index in [0.717, 1.165) is 28.3 Å². The minimum Gasteiger partial charge on any atom is -0.393 e. The van der Waals surface area contributed by atoms with Crippen molar-refractivity contribution in [3.8, 4) is 0 Å². The molecule has 2 nitrogen and oxygen atoms in total. The number of hydrogen-bond donors (Lipinski definition) is 2. The van der Waals surface area contributed by atoms with Crippen LogP contribution in [-0.4, -0.2) is 17.8 Å². The second-order valence-electron chi connectivity index (χ2n) is 4.19. The summed E-state index contributed by atoms with van der Waals surface area (Å²) in [5.41, 5.74) is 1.24. The van der Waals surface area contributed by atoms with Gasteiger partial charge in [0.1, 0.15) is 0 Å². The first-order chi connectivity index (χ1) is 8.04. The zero-order valence-corrected chi connectivity index (χ0v) is 13.4. The van der Waals surface area contributed by atoms with Gasteiger partial charge < -0.3 is 10.4 Å². The highest BCUT2D eigenvalue weighted by Crippen LogP contribution is 2.26. The quantitative estimate of drug-likeness (QED) is 0.798. The van der Waals surface area contributed by atoms with Gasteiger partial charge in [0.15, 0.2) is 0 Å². The molecule has 0 aliphatic rings. The summed E-state index contributed by atoms with van der Waals surface area (Å²) >= 11 is 7.01. The van der Waals surface area contributed by atoms with E-state index in [0.29, 0.717) is 0 Å². The van der Waals surface area contributed by atoms with Crippen LogP contribution in [0.3, 0.4) is 0 Å². The number of aliphatic hydroxyl groups excluding tert-OH is 1. The zero-order valence-electron chi connectivity index (χ0n) is 10.2. The van der Waals surface area contributed by atoms with Crippen LogP contribution in [0.5, 0.6) is 0 Å². The largest absolute Gasteiger partial charge is 0.393 e. The lowest BCUT2D eigenvalue weighted by Crippen LogP contribution is -2.23. The summed E-state index contributed by atoms with van der Waals surface area (Å²) in [6.07, 6.45) is 1.43. The molecule has 0 aromatic heterocycles. The summed E-state index contributed by atoms with van der Waals surface area (Å²) in [6.45, 7) is 4.96. The highest BCUT2D eigenvalue weighted by Gasteiger charge is 2.09. The second kappa shape index (κ2) is 7.52. The van der Waals surface area contributed by atoms with Gasteiger partial charge in [0.25, 0.3) is 0 Å². The fourth-order valence-electron chi connectivity index (χ4n) is 1.63. The molecule has 0 fully saturated rings. The van der Waals surface area contributed by atoms with Crippen molar-refractivity contribution in [2.24, 2.45) is 0 Å². The highest BCUT2D eigenvalue weighted by atomic mass is 79.9. The molecule has 1 aromatic carbocycles. The summed E-state index contributed by atoms with van der Waals surface area (Å²) in [6, 6.07) is 6.47. The maximum atomic E-state index is 9.48. The van der Waals surface area contributed by atoms with E-state index >= 15 is 0 Å². The fourth-order valence-corrected chi connectivity index (χ4v) is 3.02. The van der Waals surface area contributed by atoms with Gasteiger partial charge in [0, 0.05) is 15.0 Å². The van der Waals surface area contributed by atoms with Crippen LogP contribution in [-0.2, 0) is 0 Å². The van der Waals surface area contributed by atoms with Gasteiger partial charge >= 0.3 is 0 Å². The van der Waals surface area contributed by atoms with Gasteiger partial charge in [-0.3, -0.25) is 0 Å². The number of hydrogen-bond acceptors (Lipinski definition) is 2. The van der Waals surface area contributed by atoms with Crippen LogP contribution in [0.1, 0.15) is 38.3 Å². The molecule has 1 rings (SSSR count). The molecule has 0 saturated carbocycles. The molecular formula is C13H19Br2NO. The molecule has 0 amide bonds. The zero-order chi connectivity index (χ0) is 12.8. The summed E-state index contributed by atoms with van der Waals surface area (Å²) in [5.74, 6) is 0. The van der Waals surface area contributed by atoms with Crippen LogP contribution in [0.4, 0.5) is 0 Å². The fraction of sp³-hybridized carbons (Fsp3) is 0.538. The van der Waals surface area contributed by atoms with Gasteiger partial charge in [0.05, 0.1) is 6.10 Å². The third-order valence-corrected chi connectivity index (χ3v) is 4.01. The maximum Gasteiger partial charge on any atom is 0.0549 e. The van der Waals surface area contributed by atoms with Gasteiger partial charge in [-0.05, 0) is 44.0 Å². The average Bonchev–Trinajstić information content (AvgIpc) is 2.28. The van der Waals surface area contributed by atoms with Crippen LogP contribution >= 0.6 is 31.9 Å². The SMILES string of the molecule is CCC(O)CCNC(C)c1ccc(Br)cc1Br. The van der Waals surface area contributed by atoms with Gasteiger partial charge in [-0.2, -0.15) is 0 Å².